The van der Waals surface area contributed by atoms with E-state index < -0.39 is 15.5 Å². The number of nitro groups is 2. The zero-order chi connectivity index (χ0) is 18.7. The summed E-state index contributed by atoms with van der Waals surface area (Å²) < 4.78 is 0.989. The molecular formula is C15H10N6O5. The number of hydrogen-bond acceptors (Lipinski definition) is 7. The Morgan fingerprint density at radius 2 is 1.50 bits per heavy atom. The summed E-state index contributed by atoms with van der Waals surface area (Å²) >= 11 is 0. The monoisotopic (exact) mass is 354 g/mol. The van der Waals surface area contributed by atoms with Crippen LogP contribution in [-0.2, 0) is 0 Å². The van der Waals surface area contributed by atoms with E-state index in [1.165, 1.54) is 54.7 Å². The van der Waals surface area contributed by atoms with Crippen molar-refractivity contribution >= 4 is 17.6 Å². The Bertz CT molecular complexity index is 1050. The van der Waals surface area contributed by atoms with Crippen molar-refractivity contribution in [3.63, 3.8) is 0 Å². The number of aromatic amines is 1. The number of aromatic nitrogens is 3. The molecule has 0 aliphatic rings. The van der Waals surface area contributed by atoms with E-state index in [1.807, 2.05) is 0 Å². The van der Waals surface area contributed by atoms with Gasteiger partial charge in [0.25, 0.3) is 11.4 Å². The van der Waals surface area contributed by atoms with Crippen molar-refractivity contribution < 1.29 is 9.85 Å². The van der Waals surface area contributed by atoms with Gasteiger partial charge in [-0.15, -0.1) is 0 Å². The van der Waals surface area contributed by atoms with Crippen LogP contribution in [0.15, 0.2) is 58.4 Å². The van der Waals surface area contributed by atoms with Gasteiger partial charge in [0.15, 0.2) is 5.82 Å². The Morgan fingerprint density at radius 1 is 0.962 bits per heavy atom. The molecule has 0 aliphatic carbocycles. The third-order valence-corrected chi connectivity index (χ3v) is 3.41. The average Bonchev–Trinajstić information content (AvgIpc) is 3.01. The molecule has 130 valence electrons. The lowest BCUT2D eigenvalue weighted by molar-refractivity contribution is -0.385. The molecule has 26 heavy (non-hydrogen) atoms. The molecule has 0 amide bonds. The van der Waals surface area contributed by atoms with Gasteiger partial charge in [-0.2, -0.15) is 14.9 Å². The summed E-state index contributed by atoms with van der Waals surface area (Å²) in [6.45, 7) is 0. The molecule has 0 radical (unpaired) electrons. The first-order chi connectivity index (χ1) is 12.5. The number of H-pyrrole nitrogens is 1. The van der Waals surface area contributed by atoms with Crippen molar-refractivity contribution in [2.45, 2.75) is 0 Å². The molecule has 11 heteroatoms. The van der Waals surface area contributed by atoms with Crippen LogP contribution in [0, 0.1) is 20.2 Å². The van der Waals surface area contributed by atoms with E-state index in [2.05, 4.69) is 15.3 Å². The van der Waals surface area contributed by atoms with Gasteiger partial charge in [0, 0.05) is 29.8 Å². The minimum absolute atomic E-state index is 0.0609. The van der Waals surface area contributed by atoms with Gasteiger partial charge in [-0.1, -0.05) is 0 Å². The Balaban J connectivity index is 1.91. The smallest absolute Gasteiger partial charge is 0.258 e. The maximum Gasteiger partial charge on any atom is 0.364 e. The topological polar surface area (TPSA) is 149 Å². The van der Waals surface area contributed by atoms with Gasteiger partial charge >= 0.3 is 5.69 Å². The third-order valence-electron chi connectivity index (χ3n) is 3.41. The van der Waals surface area contributed by atoms with Crippen LogP contribution in [0.5, 0.6) is 0 Å². The van der Waals surface area contributed by atoms with Gasteiger partial charge in [0.05, 0.1) is 16.1 Å². The highest BCUT2D eigenvalue weighted by molar-refractivity contribution is 5.80. The first-order valence-corrected chi connectivity index (χ1v) is 7.17. The minimum Gasteiger partial charge on any atom is -0.258 e. The third kappa shape index (κ3) is 3.36. The Labute approximate surface area is 144 Å². The summed E-state index contributed by atoms with van der Waals surface area (Å²) in [6.07, 6.45) is 1.34. The number of non-ortho nitro benzene ring substituents is 2. The molecular weight excluding hydrogens is 344 g/mol. The summed E-state index contributed by atoms with van der Waals surface area (Å²) in [4.78, 5) is 32.2. The predicted molar refractivity (Wildman–Crippen MR) is 91.0 cm³/mol. The first-order valence-electron chi connectivity index (χ1n) is 7.17. The van der Waals surface area contributed by atoms with Crippen molar-refractivity contribution in [2.24, 2.45) is 5.10 Å². The minimum atomic E-state index is -0.600. The number of nitrogens with zero attached hydrogens (tertiary/aromatic N) is 5. The van der Waals surface area contributed by atoms with E-state index in [-0.39, 0.29) is 17.2 Å². The fourth-order valence-corrected chi connectivity index (χ4v) is 2.12. The Kier molecular flexibility index (Phi) is 4.34. The van der Waals surface area contributed by atoms with Crippen LogP contribution in [0.1, 0.15) is 5.56 Å². The van der Waals surface area contributed by atoms with Crippen LogP contribution < -0.4 is 5.69 Å². The van der Waals surface area contributed by atoms with Gasteiger partial charge in [0.2, 0.25) is 0 Å². The number of nitro benzene ring substituents is 2. The molecule has 1 heterocycles. The fourth-order valence-electron chi connectivity index (χ4n) is 2.12. The van der Waals surface area contributed by atoms with Gasteiger partial charge in [-0.25, -0.2) is 9.89 Å². The molecule has 0 bridgehead atoms. The summed E-state index contributed by atoms with van der Waals surface area (Å²) in [7, 11) is 0. The highest BCUT2D eigenvalue weighted by Crippen LogP contribution is 2.19. The van der Waals surface area contributed by atoms with E-state index >= 15 is 0 Å². The molecule has 0 saturated heterocycles. The van der Waals surface area contributed by atoms with E-state index in [0.29, 0.717) is 11.1 Å². The average molecular weight is 354 g/mol. The van der Waals surface area contributed by atoms with E-state index in [9.17, 15) is 25.0 Å². The molecule has 2 aromatic carbocycles. The molecule has 0 saturated carbocycles. The predicted octanol–water partition coefficient (Wildman–Crippen LogP) is 1.94. The number of rotatable bonds is 5. The summed E-state index contributed by atoms with van der Waals surface area (Å²) in [6, 6.07) is 11.1. The van der Waals surface area contributed by atoms with E-state index in [4.69, 9.17) is 0 Å². The maximum atomic E-state index is 11.9. The second kappa shape index (κ2) is 6.76. The van der Waals surface area contributed by atoms with Crippen LogP contribution in [0.3, 0.4) is 0 Å². The number of nitrogens with one attached hydrogen (secondary N) is 1. The molecule has 3 aromatic rings. The van der Waals surface area contributed by atoms with Crippen molar-refractivity contribution in [1.29, 1.82) is 0 Å². The zero-order valence-electron chi connectivity index (χ0n) is 13.0. The second-order valence-corrected chi connectivity index (χ2v) is 5.06. The summed E-state index contributed by atoms with van der Waals surface area (Å²) in [5, 5.41) is 31.5. The highest BCUT2D eigenvalue weighted by atomic mass is 16.6. The number of benzene rings is 2. The van der Waals surface area contributed by atoms with E-state index in [1.54, 1.807) is 0 Å². The molecule has 11 nitrogen and oxygen atoms in total. The van der Waals surface area contributed by atoms with Gasteiger partial charge < -0.3 is 0 Å². The molecule has 1 N–H and O–H groups in total. The second-order valence-electron chi connectivity index (χ2n) is 5.06. The van der Waals surface area contributed by atoms with E-state index in [0.717, 1.165) is 4.68 Å². The fraction of sp³-hybridized carbons (Fsp3) is 0. The highest BCUT2D eigenvalue weighted by Gasteiger charge is 2.12. The molecule has 0 aliphatic heterocycles. The Morgan fingerprint density at radius 3 is 2.04 bits per heavy atom. The quantitative estimate of drug-likeness (QED) is 0.420. The number of hydrogen-bond donors (Lipinski definition) is 1. The lowest BCUT2D eigenvalue weighted by Gasteiger charge is -2.00. The van der Waals surface area contributed by atoms with Gasteiger partial charge in [-0.05, 0) is 29.8 Å². The molecule has 0 unspecified atom stereocenters. The van der Waals surface area contributed by atoms with Crippen LogP contribution in [0.4, 0.5) is 11.4 Å². The van der Waals surface area contributed by atoms with Gasteiger partial charge in [-0.3, -0.25) is 20.2 Å². The van der Waals surface area contributed by atoms with Crippen LogP contribution in [0.25, 0.3) is 11.4 Å². The maximum absolute atomic E-state index is 11.9. The van der Waals surface area contributed by atoms with Gasteiger partial charge in [0.1, 0.15) is 0 Å². The van der Waals surface area contributed by atoms with Crippen LogP contribution in [0.2, 0.25) is 0 Å². The lowest BCUT2D eigenvalue weighted by atomic mass is 10.2. The van der Waals surface area contributed by atoms with Crippen molar-refractivity contribution in [3.8, 4) is 11.4 Å². The molecule has 0 fully saturated rings. The normalized spacial score (nSPS) is 10.9. The largest absolute Gasteiger partial charge is 0.364 e. The molecule has 0 spiro atoms. The zero-order valence-corrected chi connectivity index (χ0v) is 13.0. The van der Waals surface area contributed by atoms with Crippen LogP contribution in [-0.4, -0.2) is 30.9 Å². The summed E-state index contributed by atoms with van der Waals surface area (Å²) in [5.74, 6) is 0.169. The SMILES string of the molecule is O=c1[nH]nc(-c2ccc([N+](=O)[O-])cc2)n1/N=C/c1ccc([N+](=O)[O-])cc1. The van der Waals surface area contributed by atoms with Crippen molar-refractivity contribution in [2.75, 3.05) is 0 Å². The van der Waals surface area contributed by atoms with Crippen molar-refractivity contribution in [1.82, 2.24) is 14.9 Å². The molecule has 0 atom stereocenters. The Hall–Kier alpha value is -4.15. The molecule has 3 rings (SSSR count). The lowest BCUT2D eigenvalue weighted by Crippen LogP contribution is -2.13. The van der Waals surface area contributed by atoms with Crippen LogP contribution >= 0.6 is 0 Å². The first kappa shape index (κ1) is 16.7. The molecule has 1 aromatic heterocycles. The van der Waals surface area contributed by atoms with Crippen molar-refractivity contribution in [3.05, 3.63) is 84.8 Å². The standard InChI is InChI=1S/C15H10N6O5/c22-15-18-17-14(11-3-7-13(8-4-11)21(25)26)19(15)16-9-10-1-5-12(6-2-10)20(23)24/h1-9H,(H,18,22)/b16-9+. The summed E-state index contributed by atoms with van der Waals surface area (Å²) in [5.41, 5.74) is 0.242.